The SMILES string of the molecule is Cc1ccc(C)c(NS(=O)(=O)c2ccc(NC(=O)c3ccc(CN4CCc5ccccc5C4)cc3)cc2)c1. The summed E-state index contributed by atoms with van der Waals surface area (Å²) in [5, 5.41) is 2.85. The molecule has 0 spiro atoms. The molecule has 0 saturated heterocycles. The Bertz CT molecular complexity index is 1560. The summed E-state index contributed by atoms with van der Waals surface area (Å²) in [6.07, 6.45) is 1.05. The summed E-state index contributed by atoms with van der Waals surface area (Å²) in [6.45, 7) is 6.56. The lowest BCUT2D eigenvalue weighted by atomic mass is 9.99. The highest BCUT2D eigenvalue weighted by molar-refractivity contribution is 7.92. The lowest BCUT2D eigenvalue weighted by Gasteiger charge is -2.28. The Morgan fingerprint density at radius 1 is 0.868 bits per heavy atom. The third-order valence-corrected chi connectivity index (χ3v) is 8.27. The average molecular weight is 526 g/mol. The van der Waals surface area contributed by atoms with Crippen LogP contribution in [-0.2, 0) is 29.5 Å². The number of benzene rings is 4. The number of rotatable bonds is 7. The molecule has 0 fully saturated rings. The van der Waals surface area contributed by atoms with Crippen LogP contribution in [0.2, 0.25) is 0 Å². The molecule has 7 heteroatoms. The highest BCUT2D eigenvalue weighted by atomic mass is 32.2. The van der Waals surface area contributed by atoms with Gasteiger partial charge in [0.25, 0.3) is 15.9 Å². The van der Waals surface area contributed by atoms with Crippen molar-refractivity contribution in [1.82, 2.24) is 4.90 Å². The van der Waals surface area contributed by atoms with E-state index in [2.05, 4.69) is 39.2 Å². The van der Waals surface area contributed by atoms with Crippen LogP contribution in [0.4, 0.5) is 11.4 Å². The molecule has 1 aliphatic rings. The molecule has 1 aliphatic heterocycles. The molecule has 0 bridgehead atoms. The van der Waals surface area contributed by atoms with Crippen molar-refractivity contribution in [1.29, 1.82) is 0 Å². The minimum Gasteiger partial charge on any atom is -0.322 e. The fraction of sp³-hybridized carbons (Fsp3) is 0.194. The van der Waals surface area contributed by atoms with E-state index in [0.717, 1.165) is 42.7 Å². The van der Waals surface area contributed by atoms with Gasteiger partial charge in [-0.3, -0.25) is 14.4 Å². The number of anilines is 2. The van der Waals surface area contributed by atoms with Gasteiger partial charge >= 0.3 is 0 Å². The van der Waals surface area contributed by atoms with Crippen molar-refractivity contribution in [2.24, 2.45) is 0 Å². The van der Waals surface area contributed by atoms with E-state index in [9.17, 15) is 13.2 Å². The second-order valence-corrected chi connectivity index (χ2v) is 11.5. The van der Waals surface area contributed by atoms with Gasteiger partial charge in [-0.2, -0.15) is 0 Å². The van der Waals surface area contributed by atoms with Gasteiger partial charge in [-0.1, -0.05) is 48.5 Å². The van der Waals surface area contributed by atoms with Gasteiger partial charge in [0.1, 0.15) is 0 Å². The molecule has 0 radical (unpaired) electrons. The summed E-state index contributed by atoms with van der Waals surface area (Å²) in [7, 11) is -3.75. The minimum atomic E-state index is -3.75. The first-order chi connectivity index (χ1) is 18.3. The third-order valence-electron chi connectivity index (χ3n) is 6.89. The molecule has 0 atom stereocenters. The number of carbonyl (C=O) groups is 1. The summed E-state index contributed by atoms with van der Waals surface area (Å²) in [5.74, 6) is -0.243. The molecule has 194 valence electrons. The topological polar surface area (TPSA) is 78.5 Å². The van der Waals surface area contributed by atoms with Gasteiger partial charge in [0, 0.05) is 30.9 Å². The molecule has 4 aromatic rings. The number of carbonyl (C=O) groups excluding carboxylic acids is 1. The molecule has 5 rings (SSSR count). The second kappa shape index (κ2) is 10.8. The fourth-order valence-electron chi connectivity index (χ4n) is 4.68. The van der Waals surface area contributed by atoms with E-state index in [1.807, 2.05) is 50.2 Å². The Hall–Kier alpha value is -3.94. The van der Waals surface area contributed by atoms with Crippen LogP contribution in [-0.4, -0.2) is 25.8 Å². The van der Waals surface area contributed by atoms with Gasteiger partial charge in [-0.05, 0) is 90.6 Å². The van der Waals surface area contributed by atoms with Crippen molar-refractivity contribution in [3.8, 4) is 0 Å². The first kappa shape index (κ1) is 25.7. The second-order valence-electron chi connectivity index (χ2n) is 9.83. The summed E-state index contributed by atoms with van der Waals surface area (Å²) in [6, 6.07) is 28.0. The number of fused-ring (bicyclic) bond motifs is 1. The molecule has 38 heavy (non-hydrogen) atoms. The number of hydrogen-bond acceptors (Lipinski definition) is 4. The molecule has 0 aromatic heterocycles. The van der Waals surface area contributed by atoms with Crippen LogP contribution in [0.3, 0.4) is 0 Å². The van der Waals surface area contributed by atoms with E-state index >= 15 is 0 Å². The Labute approximate surface area is 224 Å². The van der Waals surface area contributed by atoms with E-state index in [1.165, 1.54) is 23.3 Å². The predicted molar refractivity (Wildman–Crippen MR) is 152 cm³/mol. The van der Waals surface area contributed by atoms with E-state index < -0.39 is 10.0 Å². The van der Waals surface area contributed by atoms with Crippen molar-refractivity contribution < 1.29 is 13.2 Å². The quantitative estimate of drug-likeness (QED) is 0.314. The third kappa shape index (κ3) is 5.96. The number of aryl methyl sites for hydroxylation is 2. The highest BCUT2D eigenvalue weighted by Crippen LogP contribution is 2.23. The van der Waals surface area contributed by atoms with Gasteiger partial charge in [0.05, 0.1) is 10.6 Å². The molecule has 2 N–H and O–H groups in total. The largest absolute Gasteiger partial charge is 0.322 e. The normalized spacial score (nSPS) is 13.5. The molecule has 0 unspecified atom stereocenters. The van der Waals surface area contributed by atoms with Crippen LogP contribution in [0.15, 0.2) is 95.9 Å². The maximum atomic E-state index is 12.9. The molecular weight excluding hydrogens is 494 g/mol. The van der Waals surface area contributed by atoms with E-state index in [4.69, 9.17) is 0 Å². The number of nitrogens with zero attached hydrogens (tertiary/aromatic N) is 1. The fourth-order valence-corrected chi connectivity index (χ4v) is 5.80. The van der Waals surface area contributed by atoms with Crippen molar-refractivity contribution in [2.45, 2.75) is 38.3 Å². The lowest BCUT2D eigenvalue weighted by Crippen LogP contribution is -2.29. The monoisotopic (exact) mass is 525 g/mol. The molecule has 1 amide bonds. The van der Waals surface area contributed by atoms with Gasteiger partial charge in [-0.25, -0.2) is 8.42 Å². The maximum absolute atomic E-state index is 12.9. The van der Waals surface area contributed by atoms with Crippen molar-refractivity contribution in [2.75, 3.05) is 16.6 Å². The Morgan fingerprint density at radius 2 is 1.58 bits per heavy atom. The summed E-state index contributed by atoms with van der Waals surface area (Å²) < 4.78 is 28.4. The zero-order valence-electron chi connectivity index (χ0n) is 21.6. The molecule has 1 heterocycles. The van der Waals surface area contributed by atoms with Crippen LogP contribution in [0.1, 0.15) is 38.2 Å². The summed E-state index contributed by atoms with van der Waals surface area (Å²) in [4.78, 5) is 15.3. The molecule has 4 aromatic carbocycles. The maximum Gasteiger partial charge on any atom is 0.261 e. The molecule has 0 saturated carbocycles. The molecular formula is C31H31N3O3S. The van der Waals surface area contributed by atoms with Crippen LogP contribution < -0.4 is 10.0 Å². The first-order valence-corrected chi connectivity index (χ1v) is 14.1. The van der Waals surface area contributed by atoms with Gasteiger partial charge in [-0.15, -0.1) is 0 Å². The Morgan fingerprint density at radius 3 is 2.32 bits per heavy atom. The lowest BCUT2D eigenvalue weighted by molar-refractivity contribution is 0.102. The van der Waals surface area contributed by atoms with E-state index in [1.54, 1.807) is 18.2 Å². The number of amides is 1. The van der Waals surface area contributed by atoms with Crippen molar-refractivity contribution in [3.63, 3.8) is 0 Å². The predicted octanol–water partition coefficient (Wildman–Crippen LogP) is 5.91. The summed E-state index contributed by atoms with van der Waals surface area (Å²) in [5.41, 5.74) is 7.41. The minimum absolute atomic E-state index is 0.126. The Kier molecular flexibility index (Phi) is 7.31. The average Bonchev–Trinajstić information content (AvgIpc) is 2.91. The number of nitrogens with one attached hydrogen (secondary N) is 2. The van der Waals surface area contributed by atoms with Gasteiger partial charge in [0.2, 0.25) is 0 Å². The van der Waals surface area contributed by atoms with Crippen molar-refractivity contribution >= 4 is 27.3 Å². The molecule has 0 aliphatic carbocycles. The highest BCUT2D eigenvalue weighted by Gasteiger charge is 2.17. The van der Waals surface area contributed by atoms with Crippen LogP contribution in [0.25, 0.3) is 0 Å². The number of hydrogen-bond donors (Lipinski definition) is 2. The smallest absolute Gasteiger partial charge is 0.261 e. The summed E-state index contributed by atoms with van der Waals surface area (Å²) >= 11 is 0. The Balaban J connectivity index is 1.19. The number of sulfonamides is 1. The van der Waals surface area contributed by atoms with Gasteiger partial charge in [0.15, 0.2) is 0 Å². The van der Waals surface area contributed by atoms with Crippen LogP contribution in [0.5, 0.6) is 0 Å². The van der Waals surface area contributed by atoms with Crippen LogP contribution in [0, 0.1) is 13.8 Å². The van der Waals surface area contributed by atoms with Crippen LogP contribution >= 0.6 is 0 Å². The standard InChI is InChI=1S/C31H31N3O3S/c1-22-7-8-23(2)30(19-22)33-38(36,37)29-15-13-28(14-16-29)32-31(35)26-11-9-24(10-12-26)20-34-18-17-25-5-3-4-6-27(25)21-34/h3-16,19,33H,17-18,20-21H2,1-2H3,(H,32,35). The van der Waals surface area contributed by atoms with E-state index in [0.29, 0.717) is 16.9 Å². The first-order valence-electron chi connectivity index (χ1n) is 12.7. The van der Waals surface area contributed by atoms with E-state index in [-0.39, 0.29) is 10.8 Å². The zero-order chi connectivity index (χ0) is 26.7. The van der Waals surface area contributed by atoms with Gasteiger partial charge < -0.3 is 5.32 Å². The zero-order valence-corrected chi connectivity index (χ0v) is 22.4. The molecule has 6 nitrogen and oxygen atoms in total. The van der Waals surface area contributed by atoms with Crippen molar-refractivity contribution in [3.05, 3.63) is 124 Å².